The zero-order valence-electron chi connectivity index (χ0n) is 5.60. The van der Waals surface area contributed by atoms with Gasteiger partial charge in [0.05, 0.1) is 3.79 Å². The van der Waals surface area contributed by atoms with Gasteiger partial charge in [0, 0.05) is 10.8 Å². The van der Waals surface area contributed by atoms with E-state index in [2.05, 4.69) is 41.1 Å². The van der Waals surface area contributed by atoms with E-state index in [0.29, 0.717) is 5.92 Å². The molecule has 2 heteroatoms. The number of thiophene rings is 1. The Morgan fingerprint density at radius 2 is 2.40 bits per heavy atom. The summed E-state index contributed by atoms with van der Waals surface area (Å²) in [4.78, 5) is 1.49. The van der Waals surface area contributed by atoms with E-state index < -0.39 is 0 Å². The Morgan fingerprint density at radius 3 is 3.10 bits per heavy atom. The molecule has 1 atom stereocenters. The van der Waals surface area contributed by atoms with Gasteiger partial charge in [0.2, 0.25) is 0 Å². The van der Waals surface area contributed by atoms with Crippen LogP contribution in [0.2, 0.25) is 0 Å². The molecule has 0 nitrogen and oxygen atoms in total. The van der Waals surface area contributed by atoms with Crippen molar-refractivity contribution in [1.82, 2.24) is 0 Å². The van der Waals surface area contributed by atoms with Gasteiger partial charge in [0.1, 0.15) is 0 Å². The van der Waals surface area contributed by atoms with Gasteiger partial charge in [-0.15, -0.1) is 11.3 Å². The molecule has 0 radical (unpaired) electrons. The molecule has 0 aromatic carbocycles. The van der Waals surface area contributed by atoms with Crippen LogP contribution in [0.4, 0.5) is 0 Å². The van der Waals surface area contributed by atoms with Gasteiger partial charge in [-0.05, 0) is 27.6 Å². The predicted octanol–water partition coefficient (Wildman–Crippen LogP) is 3.64. The molecule has 1 aliphatic rings. The van der Waals surface area contributed by atoms with E-state index in [1.54, 1.807) is 0 Å². The Hall–Kier alpha value is -0.0800. The van der Waals surface area contributed by atoms with Crippen molar-refractivity contribution in [3.8, 4) is 0 Å². The van der Waals surface area contributed by atoms with Crippen molar-refractivity contribution in [3.63, 3.8) is 0 Å². The third kappa shape index (κ3) is 0.867. The molecule has 1 heterocycles. The minimum absolute atomic E-state index is 0.631. The maximum absolute atomic E-state index is 3.47. The lowest BCUT2D eigenvalue weighted by Gasteiger charge is -1.94. The number of rotatable bonds is 0. The number of halogens is 1. The fourth-order valence-corrected chi connectivity index (χ4v) is 2.88. The normalized spacial score (nSPS) is 21.6. The molecule has 1 unspecified atom stereocenters. The fourth-order valence-electron chi connectivity index (χ4n) is 1.21. The molecular formula is C8H7BrS. The highest BCUT2D eigenvalue weighted by molar-refractivity contribution is 9.11. The van der Waals surface area contributed by atoms with Crippen molar-refractivity contribution in [2.24, 2.45) is 0 Å². The van der Waals surface area contributed by atoms with Gasteiger partial charge in [-0.25, -0.2) is 0 Å². The van der Waals surface area contributed by atoms with E-state index in [0.717, 1.165) is 0 Å². The average molecular weight is 215 g/mol. The SMILES string of the molecule is CC1C=Cc2cc(Br)sc21. The summed E-state index contributed by atoms with van der Waals surface area (Å²) in [5, 5.41) is 0. The number of hydrogen-bond donors (Lipinski definition) is 0. The highest BCUT2D eigenvalue weighted by Crippen LogP contribution is 2.38. The molecule has 2 rings (SSSR count). The first-order chi connectivity index (χ1) is 4.77. The third-order valence-corrected chi connectivity index (χ3v) is 3.59. The van der Waals surface area contributed by atoms with Crippen LogP contribution in [0.15, 0.2) is 15.9 Å². The van der Waals surface area contributed by atoms with Crippen molar-refractivity contribution < 1.29 is 0 Å². The van der Waals surface area contributed by atoms with Gasteiger partial charge in [-0.3, -0.25) is 0 Å². The summed E-state index contributed by atoms with van der Waals surface area (Å²) in [5.41, 5.74) is 1.39. The molecule has 0 amide bonds. The molecule has 0 spiro atoms. The summed E-state index contributed by atoms with van der Waals surface area (Å²) in [7, 11) is 0. The van der Waals surface area contributed by atoms with Crippen molar-refractivity contribution in [1.29, 1.82) is 0 Å². The minimum Gasteiger partial charge on any atom is -0.132 e. The Bertz CT molecular complexity index is 285. The summed E-state index contributed by atoms with van der Waals surface area (Å²) in [6.07, 6.45) is 4.44. The highest BCUT2D eigenvalue weighted by atomic mass is 79.9. The molecular weight excluding hydrogens is 208 g/mol. The van der Waals surface area contributed by atoms with E-state index in [1.165, 1.54) is 14.2 Å². The summed E-state index contributed by atoms with van der Waals surface area (Å²) >= 11 is 5.31. The second-order valence-corrected chi connectivity index (χ2v) is 4.98. The van der Waals surface area contributed by atoms with E-state index in [1.807, 2.05) is 11.3 Å². The monoisotopic (exact) mass is 214 g/mol. The predicted molar refractivity (Wildman–Crippen MR) is 49.5 cm³/mol. The van der Waals surface area contributed by atoms with Crippen LogP contribution in [-0.4, -0.2) is 0 Å². The van der Waals surface area contributed by atoms with Crippen molar-refractivity contribution in [2.45, 2.75) is 12.8 Å². The molecule has 0 aliphatic heterocycles. The first-order valence-electron chi connectivity index (χ1n) is 3.25. The quantitative estimate of drug-likeness (QED) is 0.619. The van der Waals surface area contributed by atoms with Crippen LogP contribution in [-0.2, 0) is 0 Å². The first-order valence-corrected chi connectivity index (χ1v) is 4.86. The smallest absolute Gasteiger partial charge is 0.0707 e. The van der Waals surface area contributed by atoms with Crippen molar-refractivity contribution >= 4 is 33.3 Å². The van der Waals surface area contributed by atoms with E-state index >= 15 is 0 Å². The number of hydrogen-bond acceptors (Lipinski definition) is 1. The second-order valence-electron chi connectivity index (χ2n) is 2.52. The van der Waals surface area contributed by atoms with Crippen LogP contribution in [0, 0.1) is 0 Å². The standard InChI is InChI=1S/C8H7BrS/c1-5-2-3-6-4-7(9)10-8(5)6/h2-5H,1H3. The lowest BCUT2D eigenvalue weighted by Crippen LogP contribution is -1.77. The largest absolute Gasteiger partial charge is 0.132 e. The van der Waals surface area contributed by atoms with Gasteiger partial charge in [-0.2, -0.15) is 0 Å². The fraction of sp³-hybridized carbons (Fsp3) is 0.250. The van der Waals surface area contributed by atoms with Crippen LogP contribution in [0.1, 0.15) is 23.3 Å². The molecule has 0 saturated heterocycles. The first kappa shape index (κ1) is 6.62. The summed E-state index contributed by atoms with van der Waals surface area (Å²) in [5.74, 6) is 0.631. The average Bonchev–Trinajstić information content (AvgIpc) is 2.35. The lowest BCUT2D eigenvalue weighted by atomic mass is 10.2. The zero-order valence-corrected chi connectivity index (χ0v) is 8.00. The summed E-state index contributed by atoms with van der Waals surface area (Å²) in [6, 6.07) is 2.18. The Kier molecular flexibility index (Phi) is 1.46. The molecule has 1 aromatic rings. The molecule has 52 valence electrons. The van der Waals surface area contributed by atoms with Crippen molar-refractivity contribution in [3.05, 3.63) is 26.4 Å². The lowest BCUT2D eigenvalue weighted by molar-refractivity contribution is 1.02. The number of fused-ring (bicyclic) bond motifs is 1. The molecule has 0 bridgehead atoms. The topological polar surface area (TPSA) is 0 Å². The second kappa shape index (κ2) is 2.21. The zero-order chi connectivity index (χ0) is 7.14. The van der Waals surface area contributed by atoms with Gasteiger partial charge in [0.15, 0.2) is 0 Å². The Labute approximate surface area is 72.7 Å². The Morgan fingerprint density at radius 1 is 1.60 bits per heavy atom. The summed E-state index contributed by atoms with van der Waals surface area (Å²) < 4.78 is 1.24. The van der Waals surface area contributed by atoms with Crippen LogP contribution in [0.5, 0.6) is 0 Å². The van der Waals surface area contributed by atoms with Crippen molar-refractivity contribution in [2.75, 3.05) is 0 Å². The van der Waals surface area contributed by atoms with Crippen LogP contribution in [0.3, 0.4) is 0 Å². The highest BCUT2D eigenvalue weighted by Gasteiger charge is 2.15. The maximum Gasteiger partial charge on any atom is 0.0707 e. The van der Waals surface area contributed by atoms with E-state index in [9.17, 15) is 0 Å². The molecule has 10 heavy (non-hydrogen) atoms. The number of allylic oxidation sites excluding steroid dienone is 1. The van der Waals surface area contributed by atoms with Gasteiger partial charge in [0.25, 0.3) is 0 Å². The molecule has 0 saturated carbocycles. The molecule has 0 fully saturated rings. The minimum atomic E-state index is 0.631. The van der Waals surface area contributed by atoms with Crippen LogP contribution in [0.25, 0.3) is 6.08 Å². The molecule has 1 aliphatic carbocycles. The van der Waals surface area contributed by atoms with Crippen LogP contribution < -0.4 is 0 Å². The molecule has 0 N–H and O–H groups in total. The Balaban J connectivity index is 2.58. The third-order valence-electron chi connectivity index (χ3n) is 1.74. The van der Waals surface area contributed by atoms with Gasteiger partial charge >= 0.3 is 0 Å². The maximum atomic E-state index is 3.47. The van der Waals surface area contributed by atoms with Gasteiger partial charge in [-0.1, -0.05) is 19.1 Å². The summed E-state index contributed by atoms with van der Waals surface area (Å²) in [6.45, 7) is 2.23. The van der Waals surface area contributed by atoms with Gasteiger partial charge < -0.3 is 0 Å². The van der Waals surface area contributed by atoms with E-state index in [-0.39, 0.29) is 0 Å². The molecule has 1 aromatic heterocycles. The van der Waals surface area contributed by atoms with E-state index in [4.69, 9.17) is 0 Å². The van der Waals surface area contributed by atoms with Crippen LogP contribution >= 0.6 is 27.3 Å².